The van der Waals surface area contributed by atoms with Crippen molar-refractivity contribution in [3.63, 3.8) is 0 Å². The van der Waals surface area contributed by atoms with Gasteiger partial charge in [0.1, 0.15) is 17.6 Å². The number of aromatic hydroxyl groups is 1. The summed E-state index contributed by atoms with van der Waals surface area (Å²) < 4.78 is 13.6. The molecule has 0 spiro atoms. The van der Waals surface area contributed by atoms with Gasteiger partial charge in [0.05, 0.1) is 4.90 Å². The lowest BCUT2D eigenvalue weighted by atomic mass is 10.1. The van der Waals surface area contributed by atoms with Crippen molar-refractivity contribution in [1.29, 1.82) is 0 Å². The molecule has 15 heavy (non-hydrogen) atoms. The fraction of sp³-hybridized carbons (Fsp3) is 0.222. The number of phenolic OH excluding ortho intramolecular Hbond substituents is 1. The first kappa shape index (κ1) is 11.8. The molecular formula is C9H10FNO3S. The van der Waals surface area contributed by atoms with Gasteiger partial charge in [-0.15, -0.1) is 11.8 Å². The van der Waals surface area contributed by atoms with Crippen molar-refractivity contribution in [1.82, 2.24) is 0 Å². The maximum Gasteiger partial charge on any atom is 0.325 e. The lowest BCUT2D eigenvalue weighted by molar-refractivity contribution is -0.138. The first-order chi connectivity index (χ1) is 6.99. The molecule has 4 nitrogen and oxygen atoms in total. The number of halogens is 1. The van der Waals surface area contributed by atoms with Crippen LogP contribution in [0.15, 0.2) is 17.0 Å². The topological polar surface area (TPSA) is 83.5 Å². The maximum atomic E-state index is 13.6. The highest BCUT2D eigenvalue weighted by Gasteiger charge is 2.21. The number of nitrogens with two attached hydrogens (primary N) is 1. The molecule has 4 N–H and O–H groups in total. The van der Waals surface area contributed by atoms with E-state index in [1.807, 2.05) is 0 Å². The van der Waals surface area contributed by atoms with Crippen LogP contribution in [0.1, 0.15) is 11.6 Å². The molecule has 1 aromatic carbocycles. The molecule has 0 aliphatic rings. The van der Waals surface area contributed by atoms with Crippen molar-refractivity contribution in [2.45, 2.75) is 10.9 Å². The van der Waals surface area contributed by atoms with Crippen LogP contribution in [0.5, 0.6) is 5.75 Å². The van der Waals surface area contributed by atoms with Gasteiger partial charge in [-0.25, -0.2) is 4.39 Å². The summed E-state index contributed by atoms with van der Waals surface area (Å²) in [7, 11) is 0. The molecule has 1 aromatic rings. The van der Waals surface area contributed by atoms with Crippen LogP contribution >= 0.6 is 11.8 Å². The van der Waals surface area contributed by atoms with E-state index in [4.69, 9.17) is 10.8 Å². The first-order valence-corrected chi connectivity index (χ1v) is 5.25. The molecule has 0 heterocycles. The van der Waals surface area contributed by atoms with Gasteiger partial charge in [0, 0.05) is 5.56 Å². The van der Waals surface area contributed by atoms with Gasteiger partial charge in [0.25, 0.3) is 0 Å². The smallest absolute Gasteiger partial charge is 0.325 e. The van der Waals surface area contributed by atoms with Crippen molar-refractivity contribution in [3.8, 4) is 5.75 Å². The van der Waals surface area contributed by atoms with E-state index >= 15 is 0 Å². The average Bonchev–Trinajstić information content (AvgIpc) is 2.17. The maximum absolute atomic E-state index is 13.6. The van der Waals surface area contributed by atoms with Crippen LogP contribution in [0.3, 0.4) is 0 Å². The third-order valence-corrected chi connectivity index (χ3v) is 2.71. The van der Waals surface area contributed by atoms with Crippen LogP contribution in [-0.4, -0.2) is 22.4 Å². The molecule has 0 aliphatic carbocycles. The normalized spacial score (nSPS) is 12.5. The Kier molecular flexibility index (Phi) is 3.54. The molecule has 0 amide bonds. The van der Waals surface area contributed by atoms with Crippen molar-refractivity contribution in [2.75, 3.05) is 6.26 Å². The second kappa shape index (κ2) is 4.50. The molecule has 1 unspecified atom stereocenters. The van der Waals surface area contributed by atoms with E-state index in [0.717, 1.165) is 11.8 Å². The van der Waals surface area contributed by atoms with Crippen molar-refractivity contribution in [2.24, 2.45) is 5.73 Å². The predicted octanol–water partition coefficient (Wildman–Crippen LogP) is 1.34. The lowest BCUT2D eigenvalue weighted by Gasteiger charge is -2.11. The minimum Gasteiger partial charge on any atom is -0.507 e. The number of hydrogen-bond acceptors (Lipinski definition) is 4. The molecule has 1 rings (SSSR count). The Labute approximate surface area is 89.9 Å². The molecule has 0 aromatic heterocycles. The highest BCUT2D eigenvalue weighted by atomic mass is 32.2. The number of carbonyl (C=O) groups is 1. The van der Waals surface area contributed by atoms with Gasteiger partial charge in [0.2, 0.25) is 0 Å². The Morgan fingerprint density at radius 2 is 2.20 bits per heavy atom. The average molecular weight is 231 g/mol. The highest BCUT2D eigenvalue weighted by molar-refractivity contribution is 7.98. The van der Waals surface area contributed by atoms with E-state index in [-0.39, 0.29) is 16.2 Å². The van der Waals surface area contributed by atoms with Crippen LogP contribution < -0.4 is 5.73 Å². The van der Waals surface area contributed by atoms with Crippen LogP contribution in [0.25, 0.3) is 0 Å². The van der Waals surface area contributed by atoms with Gasteiger partial charge >= 0.3 is 5.97 Å². The number of carboxylic acids is 1. The van der Waals surface area contributed by atoms with E-state index in [2.05, 4.69) is 0 Å². The van der Waals surface area contributed by atoms with E-state index in [1.165, 1.54) is 12.1 Å². The zero-order valence-electron chi connectivity index (χ0n) is 7.90. The van der Waals surface area contributed by atoms with Crippen LogP contribution in [-0.2, 0) is 4.79 Å². The Morgan fingerprint density at radius 3 is 2.67 bits per heavy atom. The summed E-state index contributed by atoms with van der Waals surface area (Å²) in [5.41, 5.74) is 5.15. The molecule has 6 heteroatoms. The van der Waals surface area contributed by atoms with Crippen molar-refractivity contribution < 1.29 is 19.4 Å². The summed E-state index contributed by atoms with van der Waals surface area (Å²) in [5, 5.41) is 17.9. The van der Waals surface area contributed by atoms with E-state index in [1.54, 1.807) is 6.26 Å². The lowest BCUT2D eigenvalue weighted by Crippen LogP contribution is -2.22. The van der Waals surface area contributed by atoms with Gasteiger partial charge in [-0.2, -0.15) is 0 Å². The Balaban J connectivity index is 3.27. The molecule has 0 radical (unpaired) electrons. The summed E-state index contributed by atoms with van der Waals surface area (Å²) in [6.07, 6.45) is 1.58. The van der Waals surface area contributed by atoms with Gasteiger partial charge in [-0.3, -0.25) is 4.79 Å². The van der Waals surface area contributed by atoms with Gasteiger partial charge < -0.3 is 15.9 Å². The third-order valence-electron chi connectivity index (χ3n) is 1.91. The fourth-order valence-electron chi connectivity index (χ4n) is 1.13. The molecular weight excluding hydrogens is 221 g/mol. The summed E-state index contributed by atoms with van der Waals surface area (Å²) in [5.74, 6) is -2.31. The number of thioether (sulfide) groups is 1. The monoisotopic (exact) mass is 231 g/mol. The van der Waals surface area contributed by atoms with E-state index in [0.29, 0.717) is 0 Å². The van der Waals surface area contributed by atoms with Crippen molar-refractivity contribution >= 4 is 17.7 Å². The predicted molar refractivity (Wildman–Crippen MR) is 54.4 cm³/mol. The standard InChI is InChI=1S/C9H10FNO3S/c1-15-8-5(12)3-2-4(6(8)10)7(11)9(13)14/h2-3,7,12H,11H2,1H3,(H,13,14). The second-order valence-electron chi connectivity index (χ2n) is 2.84. The molecule has 1 atom stereocenters. The Bertz CT molecular complexity index is 397. The van der Waals surface area contributed by atoms with Gasteiger partial charge in [-0.05, 0) is 12.3 Å². The third kappa shape index (κ3) is 2.21. The fourth-order valence-corrected chi connectivity index (χ4v) is 1.70. The zero-order valence-corrected chi connectivity index (χ0v) is 8.71. The molecule has 0 bridgehead atoms. The molecule has 0 saturated carbocycles. The van der Waals surface area contributed by atoms with Gasteiger partial charge in [-0.1, -0.05) is 6.07 Å². The Hall–Kier alpha value is -1.27. The molecule has 82 valence electrons. The quantitative estimate of drug-likeness (QED) is 0.684. The molecule has 0 aliphatic heterocycles. The number of carboxylic acid groups (broad SMARTS) is 1. The summed E-state index contributed by atoms with van der Waals surface area (Å²) >= 11 is 0.992. The number of hydrogen-bond donors (Lipinski definition) is 3. The number of benzene rings is 1. The summed E-state index contributed by atoms with van der Waals surface area (Å²) in [6.45, 7) is 0. The number of phenols is 1. The first-order valence-electron chi connectivity index (χ1n) is 4.02. The van der Waals surface area contributed by atoms with Crippen LogP contribution in [0, 0.1) is 5.82 Å². The number of aliphatic carboxylic acids is 1. The van der Waals surface area contributed by atoms with E-state index < -0.39 is 17.8 Å². The zero-order chi connectivity index (χ0) is 11.6. The van der Waals surface area contributed by atoms with Crippen molar-refractivity contribution in [3.05, 3.63) is 23.5 Å². The second-order valence-corrected chi connectivity index (χ2v) is 3.65. The molecule has 0 fully saturated rings. The molecule has 0 saturated heterocycles. The largest absolute Gasteiger partial charge is 0.507 e. The van der Waals surface area contributed by atoms with Crippen LogP contribution in [0.4, 0.5) is 4.39 Å². The SMILES string of the molecule is CSc1c(O)ccc(C(N)C(=O)O)c1F. The summed E-state index contributed by atoms with van der Waals surface area (Å²) in [4.78, 5) is 10.6. The number of rotatable bonds is 3. The van der Waals surface area contributed by atoms with Crippen LogP contribution in [0.2, 0.25) is 0 Å². The minimum absolute atomic E-state index is 0.00389. The van der Waals surface area contributed by atoms with E-state index in [9.17, 15) is 14.3 Å². The summed E-state index contributed by atoms with van der Waals surface area (Å²) in [6, 6.07) is 0.979. The minimum atomic E-state index is -1.42. The Morgan fingerprint density at radius 1 is 1.60 bits per heavy atom. The highest BCUT2D eigenvalue weighted by Crippen LogP contribution is 2.33. The van der Waals surface area contributed by atoms with Gasteiger partial charge in [0.15, 0.2) is 0 Å².